The van der Waals surface area contributed by atoms with E-state index in [1.54, 1.807) is 31.4 Å². The van der Waals surface area contributed by atoms with Gasteiger partial charge in [0.2, 0.25) is 5.78 Å². The number of rotatable bonds is 7. The molecular formula is C30H24O6. The lowest BCUT2D eigenvalue weighted by Gasteiger charge is -2.27. The molecule has 180 valence electrons. The average molecular weight is 481 g/mol. The molecule has 0 saturated heterocycles. The van der Waals surface area contributed by atoms with Crippen molar-refractivity contribution in [3.8, 4) is 23.0 Å². The third kappa shape index (κ3) is 4.29. The third-order valence-corrected chi connectivity index (χ3v) is 6.41. The summed E-state index contributed by atoms with van der Waals surface area (Å²) in [6.45, 7) is 0.402. The highest BCUT2D eigenvalue weighted by molar-refractivity contribution is 6.18. The zero-order valence-electron chi connectivity index (χ0n) is 19.6. The fourth-order valence-corrected chi connectivity index (χ4v) is 4.63. The van der Waals surface area contributed by atoms with Crippen molar-refractivity contribution in [2.75, 3.05) is 7.11 Å². The van der Waals surface area contributed by atoms with Crippen molar-refractivity contribution < 1.29 is 29.3 Å². The number of fused-ring (bicyclic) bond motifs is 2. The predicted molar refractivity (Wildman–Crippen MR) is 134 cm³/mol. The maximum Gasteiger partial charge on any atom is 0.201 e. The van der Waals surface area contributed by atoms with Crippen LogP contribution in [-0.4, -0.2) is 28.9 Å². The van der Waals surface area contributed by atoms with Gasteiger partial charge in [-0.15, -0.1) is 0 Å². The molecule has 1 aliphatic rings. The van der Waals surface area contributed by atoms with Gasteiger partial charge in [0.05, 0.1) is 24.2 Å². The van der Waals surface area contributed by atoms with Crippen LogP contribution < -0.4 is 9.47 Å². The second-order valence-corrected chi connectivity index (χ2v) is 8.67. The molecule has 2 N–H and O–H groups in total. The lowest BCUT2D eigenvalue weighted by atomic mass is 9.74. The standard InChI is InChI=1S/C30H24O6/c1-35-20-12-10-19(11-13-20)17-36-21-14-8-18(9-15-21)16-26(33)27-22-4-2-6-24(31)28(22)30(34)29-23(27)5-3-7-25(29)32/h2-15,27,31-32H,16-17H2,1H3. The molecule has 0 amide bonds. The highest BCUT2D eigenvalue weighted by atomic mass is 16.5. The van der Waals surface area contributed by atoms with Gasteiger partial charge in [0.15, 0.2) is 0 Å². The Hall–Kier alpha value is -4.58. The van der Waals surface area contributed by atoms with Gasteiger partial charge in [0, 0.05) is 6.42 Å². The van der Waals surface area contributed by atoms with Crippen LogP contribution in [0.4, 0.5) is 0 Å². The van der Waals surface area contributed by atoms with Crippen molar-refractivity contribution in [1.82, 2.24) is 0 Å². The molecule has 0 bridgehead atoms. The van der Waals surface area contributed by atoms with Crippen molar-refractivity contribution in [3.05, 3.63) is 118 Å². The maximum atomic E-state index is 13.6. The second-order valence-electron chi connectivity index (χ2n) is 8.67. The van der Waals surface area contributed by atoms with E-state index < -0.39 is 11.7 Å². The molecular weight excluding hydrogens is 456 g/mol. The first kappa shape index (κ1) is 23.2. The molecule has 4 aromatic rings. The van der Waals surface area contributed by atoms with Crippen LogP contribution in [0.3, 0.4) is 0 Å². The summed E-state index contributed by atoms with van der Waals surface area (Å²) in [5, 5.41) is 20.8. The van der Waals surface area contributed by atoms with E-state index in [0.29, 0.717) is 23.5 Å². The lowest BCUT2D eigenvalue weighted by Crippen LogP contribution is -2.26. The van der Waals surface area contributed by atoms with Gasteiger partial charge in [-0.1, -0.05) is 48.5 Å². The minimum Gasteiger partial charge on any atom is -0.507 e. The molecule has 0 radical (unpaired) electrons. The Labute approximate surface area is 208 Å². The summed E-state index contributed by atoms with van der Waals surface area (Å²) in [4.78, 5) is 26.6. The number of Topliss-reactive ketones (excluding diaryl/α,β-unsaturated/α-hetero) is 1. The Morgan fingerprint density at radius 1 is 0.750 bits per heavy atom. The zero-order chi connectivity index (χ0) is 25.2. The molecule has 0 aliphatic heterocycles. The Balaban J connectivity index is 1.35. The maximum absolute atomic E-state index is 13.6. The van der Waals surface area contributed by atoms with Crippen LogP contribution in [-0.2, 0) is 17.8 Å². The number of methoxy groups -OCH3 is 1. The Bertz CT molecular complexity index is 1380. The number of aromatic hydroxyl groups is 2. The number of carbonyl (C=O) groups is 2. The fourth-order valence-electron chi connectivity index (χ4n) is 4.63. The number of phenolic OH excluding ortho intramolecular Hbond substituents is 2. The molecule has 0 heterocycles. The van der Waals surface area contributed by atoms with Crippen LogP contribution >= 0.6 is 0 Å². The molecule has 0 fully saturated rings. The summed E-state index contributed by atoms with van der Waals surface area (Å²) in [5.74, 6) is -0.365. The topological polar surface area (TPSA) is 93.1 Å². The van der Waals surface area contributed by atoms with Crippen molar-refractivity contribution in [3.63, 3.8) is 0 Å². The molecule has 0 spiro atoms. The first-order valence-electron chi connectivity index (χ1n) is 11.5. The monoisotopic (exact) mass is 480 g/mol. The molecule has 5 rings (SSSR count). The van der Waals surface area contributed by atoms with E-state index >= 15 is 0 Å². The van der Waals surface area contributed by atoms with E-state index in [-0.39, 0.29) is 34.8 Å². The van der Waals surface area contributed by atoms with Crippen LogP contribution in [0.5, 0.6) is 23.0 Å². The summed E-state index contributed by atoms with van der Waals surface area (Å²) in [6.07, 6.45) is 0.113. The van der Waals surface area contributed by atoms with Gasteiger partial charge in [0.25, 0.3) is 0 Å². The molecule has 0 unspecified atom stereocenters. The number of hydrogen-bond donors (Lipinski definition) is 2. The normalized spacial score (nSPS) is 12.5. The number of benzene rings is 4. The van der Waals surface area contributed by atoms with Crippen LogP contribution in [0.1, 0.15) is 44.1 Å². The van der Waals surface area contributed by atoms with Crippen LogP contribution in [0.25, 0.3) is 0 Å². The zero-order valence-corrected chi connectivity index (χ0v) is 19.6. The summed E-state index contributed by atoms with van der Waals surface area (Å²) in [5.41, 5.74) is 2.81. The fraction of sp³-hybridized carbons (Fsp3) is 0.133. The molecule has 0 saturated carbocycles. The summed E-state index contributed by atoms with van der Waals surface area (Å²) in [6, 6.07) is 24.3. The highest BCUT2D eigenvalue weighted by Crippen LogP contribution is 2.43. The molecule has 0 aromatic heterocycles. The first-order valence-corrected chi connectivity index (χ1v) is 11.5. The van der Waals surface area contributed by atoms with Gasteiger partial charge in [0.1, 0.15) is 35.4 Å². The SMILES string of the molecule is COc1ccc(COc2ccc(CC(=O)C3c4cccc(O)c4C(=O)c4c(O)cccc43)cc2)cc1. The van der Waals surface area contributed by atoms with Crippen molar-refractivity contribution in [2.45, 2.75) is 18.9 Å². The first-order chi connectivity index (χ1) is 17.5. The molecule has 0 atom stereocenters. The smallest absolute Gasteiger partial charge is 0.201 e. The van der Waals surface area contributed by atoms with Gasteiger partial charge in [-0.3, -0.25) is 9.59 Å². The lowest BCUT2D eigenvalue weighted by molar-refractivity contribution is -0.119. The minimum absolute atomic E-state index is 0.0622. The molecule has 6 heteroatoms. The van der Waals surface area contributed by atoms with E-state index in [4.69, 9.17) is 9.47 Å². The quantitative estimate of drug-likeness (QED) is 0.379. The number of carbonyl (C=O) groups excluding carboxylic acids is 2. The Morgan fingerprint density at radius 3 is 1.83 bits per heavy atom. The van der Waals surface area contributed by atoms with E-state index in [0.717, 1.165) is 16.9 Å². The van der Waals surface area contributed by atoms with Crippen molar-refractivity contribution >= 4 is 11.6 Å². The second kappa shape index (κ2) is 9.58. The molecule has 6 nitrogen and oxygen atoms in total. The molecule has 1 aliphatic carbocycles. The summed E-state index contributed by atoms with van der Waals surface area (Å²) < 4.78 is 11.0. The van der Waals surface area contributed by atoms with Gasteiger partial charge in [-0.25, -0.2) is 0 Å². The predicted octanol–water partition coefficient (Wildman–Crippen LogP) is 5.17. The van der Waals surface area contributed by atoms with Gasteiger partial charge >= 0.3 is 0 Å². The van der Waals surface area contributed by atoms with E-state index in [1.165, 1.54) is 12.1 Å². The highest BCUT2D eigenvalue weighted by Gasteiger charge is 2.38. The number of phenols is 2. The number of hydrogen-bond acceptors (Lipinski definition) is 6. The van der Waals surface area contributed by atoms with Crippen LogP contribution in [0.2, 0.25) is 0 Å². The van der Waals surface area contributed by atoms with Gasteiger partial charge in [-0.2, -0.15) is 0 Å². The van der Waals surface area contributed by atoms with Crippen LogP contribution in [0, 0.1) is 0 Å². The van der Waals surface area contributed by atoms with Crippen molar-refractivity contribution in [1.29, 1.82) is 0 Å². The Kier molecular flexibility index (Phi) is 6.17. The number of ketones is 2. The number of ether oxygens (including phenoxy) is 2. The summed E-state index contributed by atoms with van der Waals surface area (Å²) in [7, 11) is 1.62. The largest absolute Gasteiger partial charge is 0.507 e. The summed E-state index contributed by atoms with van der Waals surface area (Å²) >= 11 is 0. The third-order valence-electron chi connectivity index (χ3n) is 6.41. The van der Waals surface area contributed by atoms with E-state index in [1.807, 2.05) is 48.5 Å². The Morgan fingerprint density at radius 2 is 1.28 bits per heavy atom. The average Bonchev–Trinajstić information content (AvgIpc) is 2.88. The van der Waals surface area contributed by atoms with Gasteiger partial charge < -0.3 is 19.7 Å². The van der Waals surface area contributed by atoms with E-state index in [2.05, 4.69) is 0 Å². The molecule has 4 aromatic carbocycles. The molecule has 36 heavy (non-hydrogen) atoms. The van der Waals surface area contributed by atoms with Gasteiger partial charge in [-0.05, 0) is 58.7 Å². The van der Waals surface area contributed by atoms with Crippen LogP contribution in [0.15, 0.2) is 84.9 Å². The van der Waals surface area contributed by atoms with Crippen molar-refractivity contribution in [2.24, 2.45) is 0 Å². The minimum atomic E-state index is -0.780. The van der Waals surface area contributed by atoms with E-state index in [9.17, 15) is 19.8 Å².